The maximum absolute atomic E-state index is 13.4. The van der Waals surface area contributed by atoms with Crippen LogP contribution in [0.5, 0.6) is 0 Å². The molecule has 0 nitrogen and oxygen atoms in total. The Morgan fingerprint density at radius 1 is 1.33 bits per heavy atom. The van der Waals surface area contributed by atoms with Crippen LogP contribution in [0.1, 0.15) is 11.1 Å². The molecule has 0 aliphatic heterocycles. The molecule has 0 fully saturated rings. The highest BCUT2D eigenvalue weighted by Gasteiger charge is 2.34. The quantitative estimate of drug-likeness (QED) is 0.538. The summed E-state index contributed by atoms with van der Waals surface area (Å²) >= 11 is 5.38. The van der Waals surface area contributed by atoms with Crippen LogP contribution in [0.15, 0.2) is 24.8 Å². The fourth-order valence-corrected chi connectivity index (χ4v) is 1.24. The van der Waals surface area contributed by atoms with E-state index in [1.807, 2.05) is 0 Å². The molecule has 5 heteroatoms. The first-order valence-corrected chi connectivity index (χ1v) is 4.51. The molecule has 0 atom stereocenters. The van der Waals surface area contributed by atoms with Gasteiger partial charge < -0.3 is 0 Å². The van der Waals surface area contributed by atoms with Crippen molar-refractivity contribution < 1.29 is 17.6 Å². The van der Waals surface area contributed by atoms with Crippen molar-refractivity contribution in [3.8, 4) is 0 Å². The maximum atomic E-state index is 13.4. The second-order valence-electron chi connectivity index (χ2n) is 2.90. The van der Waals surface area contributed by atoms with Crippen LogP contribution in [0.25, 0.3) is 5.57 Å². The largest absolute Gasteiger partial charge is 0.419 e. The van der Waals surface area contributed by atoms with Crippen molar-refractivity contribution in [2.24, 2.45) is 0 Å². The van der Waals surface area contributed by atoms with Gasteiger partial charge in [-0.15, -0.1) is 11.6 Å². The van der Waals surface area contributed by atoms with E-state index in [1.165, 1.54) is 6.07 Å². The van der Waals surface area contributed by atoms with E-state index in [-0.39, 0.29) is 17.0 Å². The van der Waals surface area contributed by atoms with E-state index in [9.17, 15) is 17.6 Å². The van der Waals surface area contributed by atoms with Crippen LogP contribution in [-0.2, 0) is 6.18 Å². The van der Waals surface area contributed by atoms with Gasteiger partial charge in [0.2, 0.25) is 0 Å². The molecule has 0 amide bonds. The summed E-state index contributed by atoms with van der Waals surface area (Å²) in [6.07, 6.45) is -4.70. The third-order valence-corrected chi connectivity index (χ3v) is 2.17. The molecule has 1 aromatic rings. The average Bonchev–Trinajstić information content (AvgIpc) is 2.15. The van der Waals surface area contributed by atoms with Crippen molar-refractivity contribution in [2.75, 3.05) is 5.88 Å². The Kier molecular flexibility index (Phi) is 3.39. The molecule has 0 aliphatic rings. The van der Waals surface area contributed by atoms with Crippen LogP contribution in [0, 0.1) is 5.82 Å². The van der Waals surface area contributed by atoms with Crippen molar-refractivity contribution in [3.05, 3.63) is 41.7 Å². The molecular formula is C10H7ClF4. The van der Waals surface area contributed by atoms with Crippen LogP contribution in [0.2, 0.25) is 0 Å². The Hall–Kier alpha value is -1.03. The second-order valence-corrected chi connectivity index (χ2v) is 3.17. The summed E-state index contributed by atoms with van der Waals surface area (Å²) in [5.74, 6) is -1.44. The zero-order valence-corrected chi connectivity index (χ0v) is 8.29. The molecule has 0 radical (unpaired) electrons. The van der Waals surface area contributed by atoms with E-state index in [2.05, 4.69) is 6.58 Å². The Labute approximate surface area is 89.2 Å². The average molecular weight is 239 g/mol. The topological polar surface area (TPSA) is 0 Å². The van der Waals surface area contributed by atoms with Gasteiger partial charge >= 0.3 is 6.18 Å². The summed E-state index contributed by atoms with van der Waals surface area (Å²) in [6.45, 7) is 3.39. The molecular weight excluding hydrogens is 232 g/mol. The van der Waals surface area contributed by atoms with Gasteiger partial charge in [0, 0.05) is 11.4 Å². The van der Waals surface area contributed by atoms with E-state index < -0.39 is 17.6 Å². The van der Waals surface area contributed by atoms with Gasteiger partial charge in [0.05, 0.1) is 5.56 Å². The normalized spacial score (nSPS) is 11.5. The van der Waals surface area contributed by atoms with Crippen LogP contribution in [0.4, 0.5) is 17.6 Å². The molecule has 82 valence electrons. The number of benzene rings is 1. The first-order valence-electron chi connectivity index (χ1n) is 3.97. The van der Waals surface area contributed by atoms with Gasteiger partial charge in [0.15, 0.2) is 0 Å². The molecule has 0 aromatic heterocycles. The molecule has 0 spiro atoms. The SMILES string of the molecule is C=C(CCl)c1cccc(C(F)(F)F)c1F. The number of alkyl halides is 4. The Morgan fingerprint density at radius 2 is 1.93 bits per heavy atom. The monoisotopic (exact) mass is 238 g/mol. The minimum atomic E-state index is -4.70. The van der Waals surface area contributed by atoms with Crippen molar-refractivity contribution in [1.29, 1.82) is 0 Å². The van der Waals surface area contributed by atoms with E-state index in [0.717, 1.165) is 6.07 Å². The van der Waals surface area contributed by atoms with Gasteiger partial charge in [0.1, 0.15) is 5.82 Å². The Balaban J connectivity index is 3.30. The number of halogens is 5. The maximum Gasteiger partial charge on any atom is 0.419 e. The molecule has 0 unspecified atom stereocenters. The van der Waals surface area contributed by atoms with Crippen LogP contribution in [0.3, 0.4) is 0 Å². The zero-order valence-electron chi connectivity index (χ0n) is 7.54. The summed E-state index contributed by atoms with van der Waals surface area (Å²) < 4.78 is 50.2. The molecule has 1 rings (SSSR count). The second kappa shape index (κ2) is 4.23. The van der Waals surface area contributed by atoms with Gasteiger partial charge in [-0.1, -0.05) is 18.7 Å². The fourth-order valence-electron chi connectivity index (χ4n) is 1.10. The highest BCUT2D eigenvalue weighted by molar-refractivity contribution is 6.23. The highest BCUT2D eigenvalue weighted by Crippen LogP contribution is 2.33. The Bertz CT molecular complexity index is 381. The molecule has 0 aliphatic carbocycles. The van der Waals surface area contributed by atoms with E-state index >= 15 is 0 Å². The predicted molar refractivity (Wildman–Crippen MR) is 51.2 cm³/mol. The third kappa shape index (κ3) is 2.50. The molecule has 0 bridgehead atoms. The Morgan fingerprint density at radius 3 is 2.40 bits per heavy atom. The summed E-state index contributed by atoms with van der Waals surface area (Å²) in [4.78, 5) is 0. The zero-order chi connectivity index (χ0) is 11.6. The minimum Gasteiger partial charge on any atom is -0.206 e. The number of allylic oxidation sites excluding steroid dienone is 1. The fraction of sp³-hybridized carbons (Fsp3) is 0.200. The lowest BCUT2D eigenvalue weighted by molar-refractivity contribution is -0.140. The molecule has 15 heavy (non-hydrogen) atoms. The molecule has 0 saturated carbocycles. The lowest BCUT2D eigenvalue weighted by Gasteiger charge is -2.11. The summed E-state index contributed by atoms with van der Waals surface area (Å²) in [5.41, 5.74) is -1.37. The summed E-state index contributed by atoms with van der Waals surface area (Å²) in [6, 6.07) is 3.02. The van der Waals surface area contributed by atoms with Crippen molar-refractivity contribution >= 4 is 17.2 Å². The van der Waals surface area contributed by atoms with Crippen LogP contribution >= 0.6 is 11.6 Å². The molecule has 0 heterocycles. The lowest BCUT2D eigenvalue weighted by Crippen LogP contribution is -2.09. The van der Waals surface area contributed by atoms with Gasteiger partial charge in [-0.3, -0.25) is 0 Å². The van der Waals surface area contributed by atoms with E-state index in [1.54, 1.807) is 0 Å². The first-order chi connectivity index (χ1) is 6.88. The lowest BCUT2D eigenvalue weighted by atomic mass is 10.0. The van der Waals surface area contributed by atoms with Gasteiger partial charge in [-0.05, 0) is 11.6 Å². The third-order valence-electron chi connectivity index (χ3n) is 1.85. The van der Waals surface area contributed by atoms with Crippen molar-refractivity contribution in [2.45, 2.75) is 6.18 Å². The van der Waals surface area contributed by atoms with Crippen LogP contribution in [-0.4, -0.2) is 5.88 Å². The smallest absolute Gasteiger partial charge is 0.206 e. The standard InChI is InChI=1S/C10H7ClF4/c1-6(5-11)7-3-2-4-8(9(7)12)10(13,14)15/h2-4H,1,5H2. The first kappa shape index (κ1) is 12.0. The summed E-state index contributed by atoms with van der Waals surface area (Å²) in [7, 11) is 0. The molecule has 0 N–H and O–H groups in total. The summed E-state index contributed by atoms with van der Waals surface area (Å²) in [5, 5.41) is 0. The van der Waals surface area contributed by atoms with Crippen molar-refractivity contribution in [1.82, 2.24) is 0 Å². The number of rotatable bonds is 2. The van der Waals surface area contributed by atoms with E-state index in [0.29, 0.717) is 6.07 Å². The number of hydrogen-bond acceptors (Lipinski definition) is 0. The van der Waals surface area contributed by atoms with Crippen LogP contribution < -0.4 is 0 Å². The minimum absolute atomic E-state index is 0.113. The van der Waals surface area contributed by atoms with Gasteiger partial charge in [-0.2, -0.15) is 13.2 Å². The predicted octanol–water partition coefficient (Wildman–Crippen LogP) is 4.10. The van der Waals surface area contributed by atoms with Gasteiger partial charge in [-0.25, -0.2) is 4.39 Å². The van der Waals surface area contributed by atoms with E-state index in [4.69, 9.17) is 11.6 Å². The highest BCUT2D eigenvalue weighted by atomic mass is 35.5. The number of hydrogen-bond donors (Lipinski definition) is 0. The van der Waals surface area contributed by atoms with Crippen molar-refractivity contribution in [3.63, 3.8) is 0 Å². The van der Waals surface area contributed by atoms with Gasteiger partial charge in [0.25, 0.3) is 0 Å². The molecule has 1 aromatic carbocycles. The molecule has 0 saturated heterocycles.